The van der Waals surface area contributed by atoms with Gasteiger partial charge in [-0.05, 0) is 49.2 Å². The van der Waals surface area contributed by atoms with Gasteiger partial charge in [0.2, 0.25) is 0 Å². The molecule has 0 fully saturated rings. The molecule has 9 heteroatoms. The van der Waals surface area contributed by atoms with Crippen molar-refractivity contribution >= 4 is 17.5 Å². The summed E-state index contributed by atoms with van der Waals surface area (Å²) in [5, 5.41) is 7.66. The number of benzene rings is 2. The van der Waals surface area contributed by atoms with Gasteiger partial charge in [-0.25, -0.2) is 4.68 Å². The van der Waals surface area contributed by atoms with Gasteiger partial charge in [-0.2, -0.15) is 13.9 Å². The van der Waals surface area contributed by atoms with Crippen molar-refractivity contribution in [1.29, 1.82) is 0 Å². The average Bonchev–Trinajstić information content (AvgIpc) is 3.09. The van der Waals surface area contributed by atoms with Crippen LogP contribution in [0.2, 0.25) is 5.02 Å². The molecule has 3 aromatic rings. The third-order valence-electron chi connectivity index (χ3n) is 4.45. The summed E-state index contributed by atoms with van der Waals surface area (Å²) in [5.74, 6) is -0.111. The zero-order valence-electron chi connectivity index (χ0n) is 16.4. The van der Waals surface area contributed by atoms with Crippen molar-refractivity contribution in [2.24, 2.45) is 0 Å². The minimum atomic E-state index is -2.95. The summed E-state index contributed by atoms with van der Waals surface area (Å²) >= 11 is 6.02. The zero-order chi connectivity index (χ0) is 21.7. The minimum Gasteiger partial charge on any atom is -0.493 e. The van der Waals surface area contributed by atoms with Crippen LogP contribution in [0.4, 0.5) is 8.78 Å². The highest BCUT2D eigenvalue weighted by atomic mass is 35.5. The third-order valence-corrected chi connectivity index (χ3v) is 4.69. The first-order valence-corrected chi connectivity index (χ1v) is 9.47. The SMILES string of the molecule is COc1ccc(CCNC(=O)c2cnn(-c3cccc(Cl)c3)c2C)cc1OC(F)F. The summed E-state index contributed by atoms with van der Waals surface area (Å²) in [5.41, 5.74) is 2.58. The largest absolute Gasteiger partial charge is 0.493 e. The van der Waals surface area contributed by atoms with E-state index in [-0.39, 0.29) is 17.4 Å². The smallest absolute Gasteiger partial charge is 0.387 e. The lowest BCUT2D eigenvalue weighted by Crippen LogP contribution is -2.26. The Labute approximate surface area is 177 Å². The van der Waals surface area contributed by atoms with E-state index < -0.39 is 6.61 Å². The van der Waals surface area contributed by atoms with Crippen LogP contribution in [0.25, 0.3) is 5.69 Å². The van der Waals surface area contributed by atoms with Crippen molar-refractivity contribution in [3.63, 3.8) is 0 Å². The monoisotopic (exact) mass is 435 g/mol. The van der Waals surface area contributed by atoms with E-state index in [1.165, 1.54) is 19.4 Å². The summed E-state index contributed by atoms with van der Waals surface area (Å²) in [6, 6.07) is 11.9. The molecule has 0 aliphatic rings. The van der Waals surface area contributed by atoms with Crippen LogP contribution >= 0.6 is 11.6 Å². The van der Waals surface area contributed by atoms with E-state index in [0.717, 1.165) is 11.3 Å². The van der Waals surface area contributed by atoms with Crippen LogP contribution in [0, 0.1) is 6.92 Å². The van der Waals surface area contributed by atoms with Crippen molar-refractivity contribution in [2.45, 2.75) is 20.0 Å². The Bertz CT molecular complexity index is 1040. The molecule has 1 aromatic heterocycles. The molecular formula is C21H20ClF2N3O3. The molecule has 1 N–H and O–H groups in total. The Morgan fingerprint density at radius 2 is 2.03 bits per heavy atom. The number of nitrogens with zero attached hydrogens (tertiary/aromatic N) is 2. The second-order valence-electron chi connectivity index (χ2n) is 6.40. The van der Waals surface area contributed by atoms with Crippen LogP contribution < -0.4 is 14.8 Å². The lowest BCUT2D eigenvalue weighted by atomic mass is 10.1. The van der Waals surface area contributed by atoms with Gasteiger partial charge >= 0.3 is 6.61 Å². The van der Waals surface area contributed by atoms with Crippen LogP contribution in [0.15, 0.2) is 48.7 Å². The van der Waals surface area contributed by atoms with Crippen LogP contribution in [-0.4, -0.2) is 36.0 Å². The van der Waals surface area contributed by atoms with E-state index in [0.29, 0.717) is 29.2 Å². The van der Waals surface area contributed by atoms with Crippen molar-refractivity contribution in [3.05, 3.63) is 70.5 Å². The topological polar surface area (TPSA) is 65.4 Å². The van der Waals surface area contributed by atoms with Crippen molar-refractivity contribution in [2.75, 3.05) is 13.7 Å². The van der Waals surface area contributed by atoms with Crippen LogP contribution in [0.5, 0.6) is 11.5 Å². The Morgan fingerprint density at radius 3 is 2.73 bits per heavy atom. The number of methoxy groups -OCH3 is 1. The summed E-state index contributed by atoms with van der Waals surface area (Å²) in [6.45, 7) is -0.853. The van der Waals surface area contributed by atoms with Gasteiger partial charge < -0.3 is 14.8 Å². The lowest BCUT2D eigenvalue weighted by Gasteiger charge is -2.12. The van der Waals surface area contributed by atoms with E-state index >= 15 is 0 Å². The number of carbonyl (C=O) groups excluding carboxylic acids is 1. The fraction of sp³-hybridized carbons (Fsp3) is 0.238. The maximum atomic E-state index is 12.5. The normalized spacial score (nSPS) is 10.9. The molecule has 3 rings (SSSR count). The van der Waals surface area contributed by atoms with E-state index in [4.69, 9.17) is 16.3 Å². The molecule has 0 unspecified atom stereocenters. The second kappa shape index (κ2) is 9.58. The zero-order valence-corrected chi connectivity index (χ0v) is 17.1. The van der Waals surface area contributed by atoms with Crippen molar-refractivity contribution in [1.82, 2.24) is 15.1 Å². The first-order valence-electron chi connectivity index (χ1n) is 9.09. The fourth-order valence-electron chi connectivity index (χ4n) is 2.98. The summed E-state index contributed by atoms with van der Waals surface area (Å²) in [4.78, 5) is 12.5. The molecular weight excluding hydrogens is 416 g/mol. The number of aromatic nitrogens is 2. The number of hydrogen-bond acceptors (Lipinski definition) is 4. The highest BCUT2D eigenvalue weighted by molar-refractivity contribution is 6.30. The number of amides is 1. The molecule has 158 valence electrons. The van der Waals surface area contributed by atoms with Gasteiger partial charge in [-0.1, -0.05) is 23.7 Å². The fourth-order valence-corrected chi connectivity index (χ4v) is 3.17. The van der Waals surface area contributed by atoms with E-state index in [1.54, 1.807) is 41.9 Å². The summed E-state index contributed by atoms with van der Waals surface area (Å²) in [6.07, 6.45) is 1.92. The molecule has 0 aliphatic heterocycles. The molecule has 0 aliphatic carbocycles. The summed E-state index contributed by atoms with van der Waals surface area (Å²) in [7, 11) is 1.37. The highest BCUT2D eigenvalue weighted by Gasteiger charge is 2.16. The standard InChI is InChI=1S/C21H20ClF2N3O3/c1-13-17(12-26-27(13)16-5-3-4-15(22)11-16)20(28)25-9-8-14-6-7-18(29-2)19(10-14)30-21(23)24/h3-7,10-12,21H,8-9H2,1-2H3,(H,25,28). The van der Waals surface area contributed by atoms with Gasteiger partial charge in [0.15, 0.2) is 11.5 Å². The van der Waals surface area contributed by atoms with Gasteiger partial charge in [-0.15, -0.1) is 0 Å². The van der Waals surface area contributed by atoms with Crippen LogP contribution in [0.1, 0.15) is 21.6 Å². The molecule has 0 spiro atoms. The molecule has 0 saturated carbocycles. The van der Waals surface area contributed by atoms with Crippen molar-refractivity contribution in [3.8, 4) is 17.2 Å². The van der Waals surface area contributed by atoms with E-state index in [1.807, 2.05) is 6.07 Å². The molecule has 0 bridgehead atoms. The lowest BCUT2D eigenvalue weighted by molar-refractivity contribution is -0.0512. The molecule has 6 nitrogen and oxygen atoms in total. The number of ether oxygens (including phenoxy) is 2. The van der Waals surface area contributed by atoms with Gasteiger partial charge in [0.1, 0.15) is 0 Å². The number of carbonyl (C=O) groups is 1. The molecule has 30 heavy (non-hydrogen) atoms. The molecule has 0 saturated heterocycles. The van der Waals surface area contributed by atoms with Gasteiger partial charge in [0.05, 0.1) is 30.3 Å². The highest BCUT2D eigenvalue weighted by Crippen LogP contribution is 2.29. The molecule has 0 atom stereocenters. The maximum Gasteiger partial charge on any atom is 0.387 e. The molecule has 1 heterocycles. The van der Waals surface area contributed by atoms with Crippen LogP contribution in [0.3, 0.4) is 0 Å². The molecule has 2 aromatic carbocycles. The molecule has 0 radical (unpaired) electrons. The van der Waals surface area contributed by atoms with Gasteiger partial charge in [0.25, 0.3) is 5.91 Å². The first kappa shape index (κ1) is 21.6. The molecule has 1 amide bonds. The summed E-state index contributed by atoms with van der Waals surface area (Å²) < 4.78 is 36.2. The first-order chi connectivity index (χ1) is 14.4. The number of hydrogen-bond donors (Lipinski definition) is 1. The average molecular weight is 436 g/mol. The Balaban J connectivity index is 1.64. The number of rotatable bonds is 8. The number of alkyl halides is 2. The number of nitrogens with one attached hydrogen (secondary N) is 1. The number of halogens is 3. The van der Waals surface area contributed by atoms with Crippen molar-refractivity contribution < 1.29 is 23.0 Å². The third kappa shape index (κ3) is 5.07. The Hall–Kier alpha value is -3.13. The van der Waals surface area contributed by atoms with Gasteiger partial charge in [0, 0.05) is 11.6 Å². The predicted molar refractivity (Wildman–Crippen MR) is 109 cm³/mol. The Morgan fingerprint density at radius 1 is 1.23 bits per heavy atom. The maximum absolute atomic E-state index is 12.5. The predicted octanol–water partition coefficient (Wildman–Crippen LogP) is 4.42. The van der Waals surface area contributed by atoms with E-state index in [9.17, 15) is 13.6 Å². The Kier molecular flexibility index (Phi) is 6.89. The minimum absolute atomic E-state index is 0.0463. The van der Waals surface area contributed by atoms with Crippen LogP contribution in [-0.2, 0) is 6.42 Å². The van der Waals surface area contributed by atoms with E-state index in [2.05, 4.69) is 15.2 Å². The van der Waals surface area contributed by atoms with Gasteiger partial charge in [-0.3, -0.25) is 4.79 Å². The second-order valence-corrected chi connectivity index (χ2v) is 6.84. The quantitative estimate of drug-likeness (QED) is 0.569.